The van der Waals surface area contributed by atoms with Gasteiger partial charge in [0.1, 0.15) is 24.1 Å². The number of ether oxygens (including phenoxy) is 1. The van der Waals surface area contributed by atoms with Crippen molar-refractivity contribution in [3.63, 3.8) is 0 Å². The van der Waals surface area contributed by atoms with Crippen LogP contribution in [-0.4, -0.2) is 48.0 Å². The van der Waals surface area contributed by atoms with E-state index >= 15 is 0 Å². The van der Waals surface area contributed by atoms with Gasteiger partial charge in [0.05, 0.1) is 6.33 Å². The van der Waals surface area contributed by atoms with Gasteiger partial charge in [0.2, 0.25) is 0 Å². The summed E-state index contributed by atoms with van der Waals surface area (Å²) in [5.74, 6) is 2.69. The average Bonchev–Trinajstić information content (AvgIpc) is 2.97. The fourth-order valence-corrected chi connectivity index (χ4v) is 2.23. The van der Waals surface area contributed by atoms with Crippen LogP contribution in [-0.2, 0) is 4.74 Å². The molecule has 0 bridgehead atoms. The molecule has 1 aliphatic heterocycles. The van der Waals surface area contributed by atoms with Gasteiger partial charge in [0, 0.05) is 5.38 Å². The second-order valence-electron chi connectivity index (χ2n) is 4.25. The van der Waals surface area contributed by atoms with Crippen molar-refractivity contribution in [2.45, 2.75) is 24.5 Å². The molecule has 2 aromatic heterocycles. The maximum Gasteiger partial charge on any atom is 0.167 e. The normalized spacial score (nSPS) is 29.4. The Kier molecular flexibility index (Phi) is 3.19. The fraction of sp³-hybridized carbons (Fsp3) is 0.364. The lowest BCUT2D eigenvalue weighted by Gasteiger charge is -2.16. The minimum atomic E-state index is -1.19. The highest BCUT2D eigenvalue weighted by Crippen LogP contribution is 2.31. The molecule has 9 heteroatoms. The molecule has 0 amide bonds. The van der Waals surface area contributed by atoms with Crippen molar-refractivity contribution in [1.29, 1.82) is 0 Å². The van der Waals surface area contributed by atoms with Crippen molar-refractivity contribution in [1.82, 2.24) is 19.5 Å². The minimum Gasteiger partial charge on any atom is -0.386 e. The van der Waals surface area contributed by atoms with Crippen LogP contribution in [0.1, 0.15) is 6.23 Å². The van der Waals surface area contributed by atoms with Crippen molar-refractivity contribution in [2.24, 2.45) is 0 Å². The van der Waals surface area contributed by atoms with E-state index in [9.17, 15) is 10.2 Å². The molecule has 4 atom stereocenters. The van der Waals surface area contributed by atoms with Crippen LogP contribution in [0.15, 0.2) is 12.7 Å². The lowest BCUT2D eigenvalue weighted by molar-refractivity contribution is -0.0230. The van der Waals surface area contributed by atoms with Crippen molar-refractivity contribution in [3.8, 4) is 11.3 Å². The summed E-state index contributed by atoms with van der Waals surface area (Å²) in [7, 11) is 0. The molecule has 3 rings (SSSR count). The summed E-state index contributed by atoms with van der Waals surface area (Å²) in [6, 6.07) is 0. The van der Waals surface area contributed by atoms with Crippen LogP contribution in [0.4, 0.5) is 5.82 Å². The van der Waals surface area contributed by atoms with Gasteiger partial charge in [-0.25, -0.2) is 15.0 Å². The zero-order valence-corrected chi connectivity index (χ0v) is 10.8. The molecule has 0 saturated carbocycles. The topological polar surface area (TPSA) is 119 Å². The van der Waals surface area contributed by atoms with E-state index in [0.717, 1.165) is 0 Å². The first-order valence-electron chi connectivity index (χ1n) is 5.69. The first kappa shape index (κ1) is 13.1. The Labute approximate surface area is 118 Å². The number of imidazole rings is 1. The quantitative estimate of drug-likeness (QED) is 0.591. The monoisotopic (exact) mass is 295 g/mol. The van der Waals surface area contributed by atoms with Crippen LogP contribution in [0.3, 0.4) is 0 Å². The Balaban J connectivity index is 2.03. The lowest BCUT2D eigenvalue weighted by atomic mass is 10.1. The molecule has 4 N–H and O–H groups in total. The zero-order chi connectivity index (χ0) is 14.3. The second-order valence-corrected chi connectivity index (χ2v) is 4.44. The molecule has 1 saturated heterocycles. The highest BCUT2D eigenvalue weighted by molar-refractivity contribution is 6.30. The zero-order valence-electron chi connectivity index (χ0n) is 10.0. The highest BCUT2D eigenvalue weighted by Gasteiger charge is 2.43. The van der Waals surface area contributed by atoms with E-state index in [4.69, 9.17) is 22.1 Å². The average molecular weight is 296 g/mol. The number of nitrogens with two attached hydrogens (primary N) is 1. The van der Waals surface area contributed by atoms with Crippen LogP contribution in [0.25, 0.3) is 11.2 Å². The molecule has 0 radical (unpaired) electrons. The Morgan fingerprint density at radius 3 is 2.85 bits per heavy atom. The maximum absolute atomic E-state index is 10.0. The van der Waals surface area contributed by atoms with Gasteiger partial charge in [-0.3, -0.25) is 4.57 Å². The summed E-state index contributed by atoms with van der Waals surface area (Å²) in [6.07, 6.45) is -1.44. The van der Waals surface area contributed by atoms with Gasteiger partial charge < -0.3 is 20.7 Å². The number of hydrogen-bond donors (Lipinski definition) is 3. The van der Waals surface area contributed by atoms with Gasteiger partial charge in [-0.15, -0.1) is 0 Å². The van der Waals surface area contributed by atoms with Gasteiger partial charge in [-0.1, -0.05) is 5.92 Å². The molecule has 8 nitrogen and oxygen atoms in total. The fourth-order valence-electron chi connectivity index (χ4n) is 2.12. The van der Waals surface area contributed by atoms with Gasteiger partial charge >= 0.3 is 0 Å². The molecule has 104 valence electrons. The molecule has 1 fully saturated rings. The largest absolute Gasteiger partial charge is 0.386 e. The predicted molar refractivity (Wildman–Crippen MR) is 69.3 cm³/mol. The van der Waals surface area contributed by atoms with E-state index in [1.165, 1.54) is 17.2 Å². The van der Waals surface area contributed by atoms with Crippen molar-refractivity contribution in [3.05, 3.63) is 12.7 Å². The van der Waals surface area contributed by atoms with Gasteiger partial charge in [-0.2, -0.15) is 0 Å². The van der Waals surface area contributed by atoms with E-state index in [-0.39, 0.29) is 5.82 Å². The number of rotatable bonds is 1. The van der Waals surface area contributed by atoms with Crippen molar-refractivity contribution >= 4 is 28.6 Å². The maximum atomic E-state index is 10.0. The van der Waals surface area contributed by atoms with E-state index in [2.05, 4.69) is 26.3 Å². The number of fused-ring (bicyclic) bond motifs is 1. The Morgan fingerprint density at radius 1 is 1.30 bits per heavy atom. The molecule has 0 aliphatic carbocycles. The van der Waals surface area contributed by atoms with Gasteiger partial charge in [-0.05, 0) is 11.6 Å². The molecule has 0 aromatic carbocycles. The number of nitrogen functional groups attached to an aromatic ring is 1. The number of anilines is 1. The number of halogens is 1. The minimum absolute atomic E-state index is 0.221. The SMILES string of the molecule is Nc1ncnc2c1ncn2[C@@H]1O[C@H](C#CCl)[C@@H](O)[C@H]1O. The summed E-state index contributed by atoms with van der Waals surface area (Å²) in [6.45, 7) is 0. The number of hydrogen-bond acceptors (Lipinski definition) is 7. The molecule has 0 unspecified atom stereocenters. The molecule has 3 heterocycles. The van der Waals surface area contributed by atoms with Crippen LogP contribution < -0.4 is 5.73 Å². The third-order valence-electron chi connectivity index (χ3n) is 3.10. The Bertz CT molecular complexity index is 709. The predicted octanol–water partition coefficient (Wildman–Crippen LogP) is -0.773. The lowest BCUT2D eigenvalue weighted by Crippen LogP contribution is -2.30. The van der Waals surface area contributed by atoms with Crippen molar-refractivity contribution < 1.29 is 14.9 Å². The number of nitrogens with zero attached hydrogens (tertiary/aromatic N) is 4. The summed E-state index contributed by atoms with van der Waals surface area (Å²) in [4.78, 5) is 11.9. The van der Waals surface area contributed by atoms with E-state index < -0.39 is 24.5 Å². The first-order chi connectivity index (χ1) is 9.63. The van der Waals surface area contributed by atoms with Crippen LogP contribution in [0.2, 0.25) is 0 Å². The van der Waals surface area contributed by atoms with Crippen LogP contribution >= 0.6 is 11.6 Å². The molecular formula is C11H10ClN5O3. The van der Waals surface area contributed by atoms with E-state index in [0.29, 0.717) is 11.2 Å². The molecule has 1 aliphatic rings. The van der Waals surface area contributed by atoms with Crippen LogP contribution in [0, 0.1) is 11.3 Å². The highest BCUT2D eigenvalue weighted by atomic mass is 35.5. The van der Waals surface area contributed by atoms with Gasteiger partial charge in [0.15, 0.2) is 23.8 Å². The molecule has 0 spiro atoms. The third kappa shape index (κ3) is 1.88. The molecular weight excluding hydrogens is 286 g/mol. The Morgan fingerprint density at radius 2 is 2.10 bits per heavy atom. The summed E-state index contributed by atoms with van der Waals surface area (Å²) in [5.41, 5.74) is 6.48. The standard InChI is InChI=1S/C11H10ClN5O3/c12-2-1-5-7(18)8(19)11(20-5)17-4-16-6-9(13)14-3-15-10(6)17/h3-5,7-8,11,18-19H,(H2,13,14,15)/t5-,7-,8-,11-/m1/s1. The molecule has 2 aromatic rings. The van der Waals surface area contributed by atoms with E-state index in [1.807, 2.05) is 0 Å². The van der Waals surface area contributed by atoms with Crippen LogP contribution in [0.5, 0.6) is 0 Å². The third-order valence-corrected chi connectivity index (χ3v) is 3.21. The van der Waals surface area contributed by atoms with Gasteiger partial charge in [0.25, 0.3) is 0 Å². The Hall–Kier alpha value is -1.92. The second kappa shape index (κ2) is 4.88. The summed E-state index contributed by atoms with van der Waals surface area (Å²) < 4.78 is 6.95. The number of aromatic nitrogens is 4. The summed E-state index contributed by atoms with van der Waals surface area (Å²) in [5, 5.41) is 22.0. The number of aliphatic hydroxyl groups is 2. The summed E-state index contributed by atoms with van der Waals surface area (Å²) >= 11 is 5.29. The smallest absolute Gasteiger partial charge is 0.167 e. The number of aliphatic hydroxyl groups excluding tert-OH is 2. The van der Waals surface area contributed by atoms with E-state index in [1.54, 1.807) is 0 Å². The molecule has 20 heavy (non-hydrogen) atoms. The first-order valence-corrected chi connectivity index (χ1v) is 6.07. The van der Waals surface area contributed by atoms with Crippen molar-refractivity contribution in [2.75, 3.05) is 5.73 Å².